The smallest absolute Gasteiger partial charge is 0.190 e. The minimum atomic E-state index is -0.788. The van der Waals surface area contributed by atoms with Crippen molar-refractivity contribution in [1.82, 2.24) is 0 Å². The number of ether oxygens (including phenoxy) is 2. The highest BCUT2D eigenvalue weighted by Crippen LogP contribution is 2.31. The fraction of sp³-hybridized carbons (Fsp3) is 0.417. The van der Waals surface area contributed by atoms with Crippen LogP contribution in [0.15, 0.2) is 12.1 Å². The molecule has 5 heteroatoms. The highest BCUT2D eigenvalue weighted by Gasteiger charge is 2.24. The molecule has 0 N–H and O–H groups in total. The van der Waals surface area contributed by atoms with Crippen molar-refractivity contribution in [3.8, 4) is 5.75 Å². The number of ketones is 1. The van der Waals surface area contributed by atoms with Crippen LogP contribution in [0.1, 0.15) is 24.5 Å². The summed E-state index contributed by atoms with van der Waals surface area (Å²) in [5.41, 5.74) is 0.328. The standard InChI is InChI=1S/C12H12F2O3/c1-16-12-9(13)4-7(5-10(12)14)11-6-8(15)2-3-17-11/h4-5,11H,2-3,6H2,1H3. The molecule has 0 amide bonds. The van der Waals surface area contributed by atoms with Crippen molar-refractivity contribution in [2.75, 3.05) is 13.7 Å². The number of Topliss-reactive ketones (excluding diaryl/α,β-unsaturated/α-hetero) is 1. The van der Waals surface area contributed by atoms with Crippen LogP contribution in [0.4, 0.5) is 8.78 Å². The van der Waals surface area contributed by atoms with Gasteiger partial charge in [0.15, 0.2) is 17.4 Å². The van der Waals surface area contributed by atoms with Crippen LogP contribution in [0, 0.1) is 11.6 Å². The van der Waals surface area contributed by atoms with Gasteiger partial charge in [0.25, 0.3) is 0 Å². The van der Waals surface area contributed by atoms with Gasteiger partial charge in [0.05, 0.1) is 19.8 Å². The lowest BCUT2D eigenvalue weighted by molar-refractivity contribution is -0.128. The second-order valence-corrected chi connectivity index (χ2v) is 3.87. The van der Waals surface area contributed by atoms with E-state index in [2.05, 4.69) is 4.74 Å². The van der Waals surface area contributed by atoms with E-state index in [-0.39, 0.29) is 12.2 Å². The molecule has 1 aliphatic heterocycles. The number of rotatable bonds is 2. The number of carbonyl (C=O) groups excluding carboxylic acids is 1. The molecule has 0 bridgehead atoms. The Bertz CT molecular complexity index is 422. The van der Waals surface area contributed by atoms with Crippen LogP contribution < -0.4 is 4.74 Å². The van der Waals surface area contributed by atoms with Crippen LogP contribution in [0.25, 0.3) is 0 Å². The molecule has 1 aromatic carbocycles. The molecule has 2 rings (SSSR count). The second kappa shape index (κ2) is 4.79. The summed E-state index contributed by atoms with van der Waals surface area (Å²) in [6.07, 6.45) is -0.0471. The predicted molar refractivity (Wildman–Crippen MR) is 55.8 cm³/mol. The summed E-state index contributed by atoms with van der Waals surface area (Å²) >= 11 is 0. The molecular weight excluding hydrogens is 230 g/mol. The van der Waals surface area contributed by atoms with Crippen LogP contribution in [-0.2, 0) is 9.53 Å². The molecule has 1 saturated heterocycles. The Kier molecular flexibility index (Phi) is 3.38. The number of methoxy groups -OCH3 is 1. The van der Waals surface area contributed by atoms with Crippen molar-refractivity contribution < 1.29 is 23.0 Å². The third-order valence-electron chi connectivity index (χ3n) is 2.71. The van der Waals surface area contributed by atoms with Crippen LogP contribution >= 0.6 is 0 Å². The molecule has 3 nitrogen and oxygen atoms in total. The first-order chi connectivity index (χ1) is 8.11. The Balaban J connectivity index is 2.30. The molecule has 17 heavy (non-hydrogen) atoms. The quantitative estimate of drug-likeness (QED) is 0.798. The lowest BCUT2D eigenvalue weighted by Gasteiger charge is -2.22. The van der Waals surface area contributed by atoms with Gasteiger partial charge in [-0.15, -0.1) is 0 Å². The third-order valence-corrected chi connectivity index (χ3v) is 2.71. The molecule has 0 spiro atoms. The van der Waals surface area contributed by atoms with Gasteiger partial charge in [-0.1, -0.05) is 0 Å². The van der Waals surface area contributed by atoms with Gasteiger partial charge in [0, 0.05) is 12.8 Å². The SMILES string of the molecule is COc1c(F)cc(C2CC(=O)CCO2)cc1F. The van der Waals surface area contributed by atoms with Gasteiger partial charge in [0.1, 0.15) is 5.78 Å². The molecule has 92 valence electrons. The molecule has 1 aromatic rings. The maximum Gasteiger partial charge on any atom is 0.190 e. The molecule has 0 saturated carbocycles. The van der Waals surface area contributed by atoms with E-state index in [1.54, 1.807) is 0 Å². The van der Waals surface area contributed by atoms with E-state index in [0.717, 1.165) is 12.1 Å². The number of hydrogen-bond donors (Lipinski definition) is 0. The zero-order chi connectivity index (χ0) is 12.4. The Morgan fingerprint density at radius 3 is 2.53 bits per heavy atom. The lowest BCUT2D eigenvalue weighted by atomic mass is 10.00. The van der Waals surface area contributed by atoms with Crippen molar-refractivity contribution in [3.05, 3.63) is 29.3 Å². The van der Waals surface area contributed by atoms with E-state index >= 15 is 0 Å². The molecule has 1 heterocycles. The summed E-state index contributed by atoms with van der Waals surface area (Å²) in [6.45, 7) is 0.290. The van der Waals surface area contributed by atoms with Gasteiger partial charge in [-0.05, 0) is 17.7 Å². The number of hydrogen-bond acceptors (Lipinski definition) is 3. The first-order valence-corrected chi connectivity index (χ1v) is 5.28. The summed E-state index contributed by atoms with van der Waals surface area (Å²) in [7, 11) is 1.20. The predicted octanol–water partition coefficient (Wildman–Crippen LogP) is 2.39. The molecule has 1 aliphatic rings. The zero-order valence-electron chi connectivity index (χ0n) is 9.33. The average Bonchev–Trinajstić information content (AvgIpc) is 2.28. The maximum absolute atomic E-state index is 13.5. The lowest BCUT2D eigenvalue weighted by Crippen LogP contribution is -2.19. The van der Waals surface area contributed by atoms with Crippen LogP contribution in [0.5, 0.6) is 5.75 Å². The summed E-state index contributed by atoms with van der Waals surface area (Å²) in [6, 6.07) is 2.29. The fourth-order valence-corrected chi connectivity index (χ4v) is 1.86. The van der Waals surface area contributed by atoms with E-state index in [0.29, 0.717) is 18.6 Å². The highest BCUT2D eigenvalue weighted by atomic mass is 19.1. The van der Waals surface area contributed by atoms with Gasteiger partial charge >= 0.3 is 0 Å². The Labute approximate surface area is 97.3 Å². The average molecular weight is 242 g/mol. The van der Waals surface area contributed by atoms with E-state index in [1.807, 2.05) is 0 Å². The molecule has 1 fully saturated rings. The summed E-state index contributed by atoms with van der Waals surface area (Å²) in [5, 5.41) is 0. The van der Waals surface area contributed by atoms with Crippen LogP contribution in [-0.4, -0.2) is 19.5 Å². The molecule has 0 aliphatic carbocycles. The Morgan fingerprint density at radius 1 is 1.35 bits per heavy atom. The van der Waals surface area contributed by atoms with Crippen molar-refractivity contribution in [3.63, 3.8) is 0 Å². The number of carbonyl (C=O) groups is 1. The Morgan fingerprint density at radius 2 is 2.00 bits per heavy atom. The number of benzene rings is 1. The van der Waals surface area contributed by atoms with Crippen molar-refractivity contribution in [1.29, 1.82) is 0 Å². The van der Waals surface area contributed by atoms with E-state index in [1.165, 1.54) is 7.11 Å². The van der Waals surface area contributed by atoms with Gasteiger partial charge in [0.2, 0.25) is 0 Å². The maximum atomic E-state index is 13.5. The third kappa shape index (κ3) is 2.44. The van der Waals surface area contributed by atoms with Gasteiger partial charge in [-0.25, -0.2) is 8.78 Å². The van der Waals surface area contributed by atoms with Crippen LogP contribution in [0.3, 0.4) is 0 Å². The van der Waals surface area contributed by atoms with E-state index in [9.17, 15) is 13.6 Å². The summed E-state index contributed by atoms with van der Waals surface area (Å²) in [4.78, 5) is 11.2. The van der Waals surface area contributed by atoms with Crippen molar-refractivity contribution >= 4 is 5.78 Å². The van der Waals surface area contributed by atoms with Gasteiger partial charge in [-0.2, -0.15) is 0 Å². The van der Waals surface area contributed by atoms with Crippen molar-refractivity contribution in [2.45, 2.75) is 18.9 Å². The Hall–Kier alpha value is -1.49. The van der Waals surface area contributed by atoms with Crippen LogP contribution in [0.2, 0.25) is 0 Å². The molecular formula is C12H12F2O3. The van der Waals surface area contributed by atoms with E-state index < -0.39 is 23.5 Å². The monoisotopic (exact) mass is 242 g/mol. The highest BCUT2D eigenvalue weighted by molar-refractivity contribution is 5.79. The topological polar surface area (TPSA) is 35.5 Å². The summed E-state index contributed by atoms with van der Waals surface area (Å²) in [5.74, 6) is -1.96. The number of halogens is 2. The van der Waals surface area contributed by atoms with Gasteiger partial charge in [-0.3, -0.25) is 4.79 Å². The molecule has 0 radical (unpaired) electrons. The molecule has 0 aromatic heterocycles. The minimum absolute atomic E-state index is 0.0397. The molecule has 1 unspecified atom stereocenters. The largest absolute Gasteiger partial charge is 0.491 e. The van der Waals surface area contributed by atoms with Gasteiger partial charge < -0.3 is 9.47 Å². The first kappa shape index (κ1) is 12.0. The normalized spacial score (nSPS) is 20.4. The molecule has 1 atom stereocenters. The van der Waals surface area contributed by atoms with Crippen molar-refractivity contribution in [2.24, 2.45) is 0 Å². The fourth-order valence-electron chi connectivity index (χ4n) is 1.86. The zero-order valence-corrected chi connectivity index (χ0v) is 9.33. The van der Waals surface area contributed by atoms with E-state index in [4.69, 9.17) is 4.74 Å². The first-order valence-electron chi connectivity index (χ1n) is 5.28. The summed E-state index contributed by atoms with van der Waals surface area (Å²) < 4.78 is 36.8. The minimum Gasteiger partial charge on any atom is -0.491 e. The second-order valence-electron chi connectivity index (χ2n) is 3.87.